The average Bonchev–Trinajstić information content (AvgIpc) is 2.78. The van der Waals surface area contributed by atoms with Crippen molar-refractivity contribution in [1.82, 2.24) is 10.2 Å². The quantitative estimate of drug-likeness (QED) is 0.788. The predicted octanol–water partition coefficient (Wildman–Crippen LogP) is 3.42. The van der Waals surface area contributed by atoms with Crippen LogP contribution in [-0.4, -0.2) is 56.7 Å². The Balaban J connectivity index is 1.23. The smallest absolute Gasteiger partial charge is 0.416 e. The van der Waals surface area contributed by atoms with Crippen molar-refractivity contribution in [3.05, 3.63) is 65.2 Å². The Hall–Kier alpha value is -3.00. The zero-order valence-corrected chi connectivity index (χ0v) is 17.0. The number of nitrogens with one attached hydrogen (secondary N) is 1. The minimum absolute atomic E-state index is 0.142. The van der Waals surface area contributed by atoms with Crippen LogP contribution < -0.4 is 15.0 Å². The van der Waals surface area contributed by atoms with Crippen LogP contribution in [0.5, 0.6) is 5.75 Å². The first kappa shape index (κ1) is 21.2. The Kier molecular flexibility index (Phi) is 6.18. The van der Waals surface area contributed by atoms with Gasteiger partial charge in [0.1, 0.15) is 12.4 Å². The molecule has 2 aliphatic rings. The van der Waals surface area contributed by atoms with Gasteiger partial charge in [-0.15, -0.1) is 0 Å². The number of hydrogen-bond donors (Lipinski definition) is 1. The van der Waals surface area contributed by atoms with Gasteiger partial charge in [-0.05, 0) is 30.3 Å². The van der Waals surface area contributed by atoms with Crippen molar-refractivity contribution in [1.29, 1.82) is 0 Å². The minimum atomic E-state index is -4.34. The number of para-hydroxylation sites is 1. The lowest BCUT2D eigenvalue weighted by Crippen LogP contribution is -2.48. The SMILES string of the molecule is O=C(NCCN1CCN(c2cccc(C(F)(F)F)c2)CC1)C1=Cc2ccccc2OC1. The van der Waals surface area contributed by atoms with E-state index in [1.54, 1.807) is 6.07 Å². The molecule has 1 amide bonds. The highest BCUT2D eigenvalue weighted by atomic mass is 19.4. The highest BCUT2D eigenvalue weighted by Gasteiger charge is 2.31. The fourth-order valence-corrected chi connectivity index (χ4v) is 3.80. The van der Waals surface area contributed by atoms with Crippen LogP contribution in [0, 0.1) is 0 Å². The number of fused-ring (bicyclic) bond motifs is 1. The Morgan fingerprint density at radius 2 is 1.81 bits per heavy atom. The lowest BCUT2D eigenvalue weighted by molar-refractivity contribution is -0.137. The van der Waals surface area contributed by atoms with E-state index in [0.717, 1.165) is 30.5 Å². The molecule has 0 atom stereocenters. The van der Waals surface area contributed by atoms with E-state index in [-0.39, 0.29) is 12.5 Å². The summed E-state index contributed by atoms with van der Waals surface area (Å²) in [5.41, 5.74) is 1.45. The molecule has 0 saturated carbocycles. The Labute approximate surface area is 179 Å². The van der Waals surface area contributed by atoms with Crippen LogP contribution in [0.15, 0.2) is 54.1 Å². The van der Waals surface area contributed by atoms with E-state index < -0.39 is 11.7 Å². The second-order valence-corrected chi connectivity index (χ2v) is 7.63. The number of nitrogens with zero attached hydrogens (tertiary/aromatic N) is 2. The number of anilines is 1. The first-order valence-corrected chi connectivity index (χ1v) is 10.3. The largest absolute Gasteiger partial charge is 0.488 e. The second-order valence-electron chi connectivity index (χ2n) is 7.63. The fraction of sp³-hybridized carbons (Fsp3) is 0.348. The summed E-state index contributed by atoms with van der Waals surface area (Å²) in [6, 6.07) is 13.0. The molecule has 0 bridgehead atoms. The third-order valence-electron chi connectivity index (χ3n) is 5.55. The summed E-state index contributed by atoms with van der Waals surface area (Å²) in [4.78, 5) is 16.6. The highest BCUT2D eigenvalue weighted by Crippen LogP contribution is 2.32. The van der Waals surface area contributed by atoms with Crippen molar-refractivity contribution >= 4 is 17.7 Å². The first-order valence-electron chi connectivity index (χ1n) is 10.3. The van der Waals surface area contributed by atoms with E-state index in [2.05, 4.69) is 10.2 Å². The van der Waals surface area contributed by atoms with Crippen molar-refractivity contribution in [3.8, 4) is 5.75 Å². The second kappa shape index (κ2) is 9.01. The number of amides is 1. The normalized spacial score (nSPS) is 16.9. The molecule has 1 saturated heterocycles. The summed E-state index contributed by atoms with van der Waals surface area (Å²) < 4.78 is 44.4. The summed E-state index contributed by atoms with van der Waals surface area (Å²) in [6.07, 6.45) is -2.49. The van der Waals surface area contributed by atoms with Crippen molar-refractivity contribution in [3.63, 3.8) is 0 Å². The van der Waals surface area contributed by atoms with Gasteiger partial charge in [0, 0.05) is 50.5 Å². The molecule has 2 aromatic rings. The average molecular weight is 431 g/mol. The third-order valence-corrected chi connectivity index (χ3v) is 5.55. The maximum atomic E-state index is 12.9. The highest BCUT2D eigenvalue weighted by molar-refractivity contribution is 5.99. The summed E-state index contributed by atoms with van der Waals surface area (Å²) in [5.74, 6) is 0.634. The Bertz CT molecular complexity index is 967. The molecule has 164 valence electrons. The van der Waals surface area contributed by atoms with Crippen LogP contribution >= 0.6 is 0 Å². The van der Waals surface area contributed by atoms with Gasteiger partial charge >= 0.3 is 6.18 Å². The number of ether oxygens (including phenoxy) is 1. The predicted molar refractivity (Wildman–Crippen MR) is 113 cm³/mol. The number of piperazine rings is 1. The van der Waals surface area contributed by atoms with Gasteiger partial charge in [-0.1, -0.05) is 24.3 Å². The summed E-state index contributed by atoms with van der Waals surface area (Å²) in [5, 5.41) is 2.93. The topological polar surface area (TPSA) is 44.8 Å². The first-order chi connectivity index (χ1) is 14.9. The molecule has 2 heterocycles. The van der Waals surface area contributed by atoms with E-state index in [1.807, 2.05) is 35.2 Å². The molecular formula is C23H24F3N3O2. The van der Waals surface area contributed by atoms with Gasteiger partial charge in [0.25, 0.3) is 5.91 Å². The van der Waals surface area contributed by atoms with Crippen LogP contribution in [0.1, 0.15) is 11.1 Å². The Morgan fingerprint density at radius 3 is 2.58 bits per heavy atom. The zero-order valence-electron chi connectivity index (χ0n) is 17.0. The minimum Gasteiger partial charge on any atom is -0.488 e. The van der Waals surface area contributed by atoms with E-state index in [4.69, 9.17) is 4.74 Å². The lowest BCUT2D eigenvalue weighted by atomic mass is 10.1. The van der Waals surface area contributed by atoms with Crippen molar-refractivity contribution in [2.75, 3.05) is 50.8 Å². The molecule has 1 fully saturated rings. The number of hydrogen-bond acceptors (Lipinski definition) is 4. The number of carbonyl (C=O) groups is 1. The van der Waals surface area contributed by atoms with Gasteiger partial charge in [0.2, 0.25) is 0 Å². The third kappa shape index (κ3) is 5.19. The van der Waals surface area contributed by atoms with E-state index >= 15 is 0 Å². The van der Waals surface area contributed by atoms with Crippen LogP contribution in [0.2, 0.25) is 0 Å². The Morgan fingerprint density at radius 1 is 1.03 bits per heavy atom. The molecule has 2 aromatic carbocycles. The molecule has 0 aliphatic carbocycles. The summed E-state index contributed by atoms with van der Waals surface area (Å²) in [6.45, 7) is 4.18. The number of benzene rings is 2. The summed E-state index contributed by atoms with van der Waals surface area (Å²) in [7, 11) is 0. The monoisotopic (exact) mass is 431 g/mol. The standard InChI is InChI=1S/C23H24F3N3O2/c24-23(25,26)19-5-3-6-20(15-19)29-12-10-28(11-13-29)9-8-27-22(30)18-14-17-4-1-2-7-21(17)31-16-18/h1-7,14-15H,8-13,16H2,(H,27,30). The van der Waals surface area contributed by atoms with Crippen LogP contribution in [0.4, 0.5) is 18.9 Å². The molecule has 0 unspecified atom stereocenters. The summed E-state index contributed by atoms with van der Waals surface area (Å²) >= 11 is 0. The van der Waals surface area contributed by atoms with Crippen molar-refractivity contribution in [2.45, 2.75) is 6.18 Å². The number of halogens is 3. The number of carbonyl (C=O) groups excluding carboxylic acids is 1. The molecule has 4 rings (SSSR count). The van der Waals surface area contributed by atoms with E-state index in [1.165, 1.54) is 12.1 Å². The number of rotatable bonds is 5. The van der Waals surface area contributed by atoms with E-state index in [9.17, 15) is 18.0 Å². The molecule has 1 N–H and O–H groups in total. The fourth-order valence-electron chi connectivity index (χ4n) is 3.80. The molecular weight excluding hydrogens is 407 g/mol. The van der Waals surface area contributed by atoms with Crippen molar-refractivity contribution in [2.24, 2.45) is 0 Å². The van der Waals surface area contributed by atoms with E-state index in [0.29, 0.717) is 37.4 Å². The molecule has 2 aliphatic heterocycles. The molecule has 31 heavy (non-hydrogen) atoms. The van der Waals surface area contributed by atoms with Crippen LogP contribution in [0.25, 0.3) is 6.08 Å². The molecule has 0 aromatic heterocycles. The van der Waals surface area contributed by atoms with Gasteiger partial charge < -0.3 is 15.0 Å². The zero-order chi connectivity index (χ0) is 21.8. The maximum Gasteiger partial charge on any atom is 0.416 e. The van der Waals surface area contributed by atoms with Gasteiger partial charge in [-0.25, -0.2) is 0 Å². The molecule has 5 nitrogen and oxygen atoms in total. The van der Waals surface area contributed by atoms with Crippen LogP contribution in [0.3, 0.4) is 0 Å². The van der Waals surface area contributed by atoms with Gasteiger partial charge in [0.05, 0.1) is 11.1 Å². The van der Waals surface area contributed by atoms with Gasteiger partial charge in [0.15, 0.2) is 0 Å². The number of alkyl halides is 3. The maximum absolute atomic E-state index is 12.9. The van der Waals surface area contributed by atoms with Crippen molar-refractivity contribution < 1.29 is 22.7 Å². The van der Waals surface area contributed by atoms with Crippen LogP contribution in [-0.2, 0) is 11.0 Å². The lowest BCUT2D eigenvalue weighted by Gasteiger charge is -2.36. The molecule has 0 spiro atoms. The van der Waals surface area contributed by atoms with Gasteiger partial charge in [-0.3, -0.25) is 9.69 Å². The molecule has 0 radical (unpaired) electrons. The molecule has 8 heteroatoms. The van der Waals surface area contributed by atoms with Gasteiger partial charge in [-0.2, -0.15) is 13.2 Å².